The molecule has 0 saturated carbocycles. The number of hydrogen-bond acceptors (Lipinski definition) is 6. The van der Waals surface area contributed by atoms with E-state index in [0.717, 1.165) is 22.0 Å². The van der Waals surface area contributed by atoms with E-state index in [9.17, 15) is 24.3 Å². The van der Waals surface area contributed by atoms with Crippen molar-refractivity contribution in [1.82, 2.24) is 20.9 Å². The van der Waals surface area contributed by atoms with Gasteiger partial charge >= 0.3 is 5.97 Å². The molecule has 0 radical (unpaired) electrons. The minimum Gasteiger partial charge on any atom is -0.480 e. The molecular weight excluding hydrogens is 518 g/mol. The number of carbonyl (C=O) groups is 4. The molecule has 0 fully saturated rings. The highest BCUT2D eigenvalue weighted by Gasteiger charge is 2.30. The fourth-order valence-corrected chi connectivity index (χ4v) is 4.59. The fraction of sp³-hybridized carbons (Fsp3) is 0.357. The maximum atomic E-state index is 13.4. The van der Waals surface area contributed by atoms with Crippen LogP contribution < -0.4 is 21.7 Å². The van der Waals surface area contributed by atoms with Crippen LogP contribution >= 0.6 is 11.8 Å². The number of carbonyl (C=O) groups excluding carboxylic acids is 3. The Morgan fingerprint density at radius 1 is 0.897 bits per heavy atom. The summed E-state index contributed by atoms with van der Waals surface area (Å²) in [5.74, 6) is -2.27. The van der Waals surface area contributed by atoms with Crippen LogP contribution in [0.5, 0.6) is 0 Å². The van der Waals surface area contributed by atoms with E-state index in [1.54, 1.807) is 6.20 Å². The zero-order valence-electron chi connectivity index (χ0n) is 22.0. The number of carboxylic acid groups (broad SMARTS) is 1. The minimum absolute atomic E-state index is 0.116. The quantitative estimate of drug-likeness (QED) is 0.176. The standard InChI is InChI=1S/C28H35N5O5S/c1-17(28(37)38)31-27(36)24(15-19-16-30-22-11-7-6-10-20(19)22)33-26(35)23(12-13-39-2)32-25(34)21(29)14-18-8-4-3-5-9-18/h3-11,16-17,21,23-24,30H,12-15,29H2,1-2H3,(H,31,36)(H,32,34)(H,33,35)(H,37,38). The summed E-state index contributed by atoms with van der Waals surface area (Å²) in [5, 5.41) is 18.1. The molecular formula is C28H35N5O5S. The molecule has 0 aliphatic carbocycles. The van der Waals surface area contributed by atoms with Crippen LogP contribution in [0.4, 0.5) is 0 Å². The van der Waals surface area contributed by atoms with E-state index in [2.05, 4.69) is 20.9 Å². The predicted molar refractivity (Wildman–Crippen MR) is 152 cm³/mol. The van der Waals surface area contributed by atoms with Crippen LogP contribution in [-0.4, -0.2) is 70.0 Å². The van der Waals surface area contributed by atoms with Gasteiger partial charge in [-0.2, -0.15) is 11.8 Å². The van der Waals surface area contributed by atoms with Crippen LogP contribution in [0.15, 0.2) is 60.8 Å². The first-order valence-electron chi connectivity index (χ1n) is 12.7. The minimum atomic E-state index is -1.20. The third-order valence-corrected chi connectivity index (χ3v) is 6.98. The fourth-order valence-electron chi connectivity index (χ4n) is 4.12. The molecule has 0 aliphatic rings. The Bertz CT molecular complexity index is 1280. The summed E-state index contributed by atoms with van der Waals surface area (Å²) in [6.07, 6.45) is 4.39. The lowest BCUT2D eigenvalue weighted by atomic mass is 10.0. The third-order valence-electron chi connectivity index (χ3n) is 6.34. The summed E-state index contributed by atoms with van der Waals surface area (Å²) in [7, 11) is 0. The zero-order chi connectivity index (χ0) is 28.4. The van der Waals surface area contributed by atoms with E-state index in [0.29, 0.717) is 18.6 Å². The normalized spacial score (nSPS) is 14.1. The van der Waals surface area contributed by atoms with Gasteiger partial charge in [0, 0.05) is 23.5 Å². The number of fused-ring (bicyclic) bond motifs is 1. The molecule has 1 heterocycles. The molecule has 10 nitrogen and oxygen atoms in total. The number of H-pyrrole nitrogens is 1. The van der Waals surface area contributed by atoms with Crippen LogP contribution in [0.25, 0.3) is 10.9 Å². The first kappa shape index (κ1) is 29.7. The number of benzene rings is 2. The topological polar surface area (TPSA) is 166 Å². The lowest BCUT2D eigenvalue weighted by Crippen LogP contribution is -2.57. The molecule has 3 amide bonds. The number of aromatic nitrogens is 1. The van der Waals surface area contributed by atoms with Crippen molar-refractivity contribution in [1.29, 1.82) is 0 Å². The highest BCUT2D eigenvalue weighted by Crippen LogP contribution is 2.19. The highest BCUT2D eigenvalue weighted by atomic mass is 32.2. The Morgan fingerprint density at radius 2 is 1.54 bits per heavy atom. The van der Waals surface area contributed by atoms with Crippen molar-refractivity contribution < 1.29 is 24.3 Å². The van der Waals surface area contributed by atoms with Crippen molar-refractivity contribution in [3.63, 3.8) is 0 Å². The number of aromatic amines is 1. The molecule has 11 heteroatoms. The predicted octanol–water partition coefficient (Wildman–Crippen LogP) is 1.59. The van der Waals surface area contributed by atoms with Gasteiger partial charge in [-0.1, -0.05) is 48.5 Å². The van der Waals surface area contributed by atoms with Gasteiger partial charge in [0.15, 0.2) is 0 Å². The number of thioether (sulfide) groups is 1. The number of nitrogens with one attached hydrogen (secondary N) is 4. The molecule has 4 unspecified atom stereocenters. The number of carboxylic acids is 1. The molecule has 39 heavy (non-hydrogen) atoms. The average molecular weight is 554 g/mol. The van der Waals surface area contributed by atoms with E-state index >= 15 is 0 Å². The lowest BCUT2D eigenvalue weighted by Gasteiger charge is -2.25. The molecule has 3 aromatic rings. The Hall–Kier alpha value is -3.83. The van der Waals surface area contributed by atoms with Crippen LogP contribution in [0.2, 0.25) is 0 Å². The zero-order valence-corrected chi connectivity index (χ0v) is 22.8. The summed E-state index contributed by atoms with van der Waals surface area (Å²) >= 11 is 1.52. The van der Waals surface area contributed by atoms with Gasteiger partial charge in [0.25, 0.3) is 0 Å². The van der Waals surface area contributed by atoms with Crippen molar-refractivity contribution in [3.05, 3.63) is 71.9 Å². The Morgan fingerprint density at radius 3 is 2.23 bits per heavy atom. The first-order chi connectivity index (χ1) is 18.7. The Kier molecular flexibility index (Phi) is 10.9. The molecule has 7 N–H and O–H groups in total. The number of rotatable bonds is 14. The van der Waals surface area contributed by atoms with Crippen molar-refractivity contribution in [3.8, 4) is 0 Å². The molecule has 0 spiro atoms. The van der Waals surface area contributed by atoms with Crippen molar-refractivity contribution in [2.24, 2.45) is 5.73 Å². The second kappa shape index (κ2) is 14.4. The summed E-state index contributed by atoms with van der Waals surface area (Å²) in [6, 6.07) is 12.9. The van der Waals surface area contributed by atoms with Crippen molar-refractivity contribution in [2.45, 2.75) is 50.4 Å². The van der Waals surface area contributed by atoms with Gasteiger partial charge < -0.3 is 31.8 Å². The average Bonchev–Trinajstić information content (AvgIpc) is 3.33. The van der Waals surface area contributed by atoms with Crippen LogP contribution in [0.3, 0.4) is 0 Å². The number of amides is 3. The molecule has 4 atom stereocenters. The summed E-state index contributed by atoms with van der Waals surface area (Å²) in [5.41, 5.74) is 8.68. The van der Waals surface area contributed by atoms with Crippen LogP contribution in [0.1, 0.15) is 24.5 Å². The van der Waals surface area contributed by atoms with E-state index < -0.39 is 47.9 Å². The first-order valence-corrected chi connectivity index (χ1v) is 14.1. The van der Waals surface area contributed by atoms with Gasteiger partial charge in [0.1, 0.15) is 18.1 Å². The Labute approximate surface area is 231 Å². The van der Waals surface area contributed by atoms with Gasteiger partial charge in [-0.15, -0.1) is 0 Å². The number of nitrogens with two attached hydrogens (primary N) is 1. The summed E-state index contributed by atoms with van der Waals surface area (Å²) in [4.78, 5) is 53.9. The van der Waals surface area contributed by atoms with E-state index in [1.807, 2.05) is 60.9 Å². The van der Waals surface area contributed by atoms with Gasteiger partial charge in [-0.05, 0) is 49.0 Å². The third kappa shape index (κ3) is 8.59. The monoisotopic (exact) mass is 553 g/mol. The maximum Gasteiger partial charge on any atom is 0.325 e. The molecule has 1 aromatic heterocycles. The highest BCUT2D eigenvalue weighted by molar-refractivity contribution is 7.98. The second-order valence-electron chi connectivity index (χ2n) is 9.33. The van der Waals surface area contributed by atoms with Crippen molar-refractivity contribution >= 4 is 46.4 Å². The number of aliphatic carboxylic acids is 1. The Balaban J connectivity index is 1.77. The molecule has 208 valence electrons. The summed E-state index contributed by atoms with van der Waals surface area (Å²) in [6.45, 7) is 1.35. The largest absolute Gasteiger partial charge is 0.480 e. The van der Waals surface area contributed by atoms with Gasteiger partial charge in [0.2, 0.25) is 17.7 Å². The molecule has 0 bridgehead atoms. The van der Waals surface area contributed by atoms with E-state index in [4.69, 9.17) is 5.73 Å². The van der Waals surface area contributed by atoms with Crippen molar-refractivity contribution in [2.75, 3.05) is 12.0 Å². The number of hydrogen-bond donors (Lipinski definition) is 6. The molecule has 0 saturated heterocycles. The van der Waals surface area contributed by atoms with Gasteiger partial charge in [0.05, 0.1) is 6.04 Å². The van der Waals surface area contributed by atoms with Gasteiger partial charge in [-0.25, -0.2) is 0 Å². The maximum absolute atomic E-state index is 13.4. The molecule has 2 aromatic carbocycles. The molecule has 3 rings (SSSR count). The summed E-state index contributed by atoms with van der Waals surface area (Å²) < 4.78 is 0. The van der Waals surface area contributed by atoms with Crippen LogP contribution in [-0.2, 0) is 32.0 Å². The van der Waals surface area contributed by atoms with E-state index in [-0.39, 0.29) is 6.42 Å². The van der Waals surface area contributed by atoms with Gasteiger partial charge in [-0.3, -0.25) is 19.2 Å². The van der Waals surface area contributed by atoms with Crippen LogP contribution in [0, 0.1) is 0 Å². The number of para-hydroxylation sites is 1. The smallest absolute Gasteiger partial charge is 0.325 e. The SMILES string of the molecule is CSCCC(NC(=O)C(N)Cc1ccccc1)C(=O)NC(Cc1c[nH]c2ccccc12)C(=O)NC(C)C(=O)O. The molecule has 0 aliphatic heterocycles. The van der Waals surface area contributed by atoms with E-state index in [1.165, 1.54) is 18.7 Å². The lowest BCUT2D eigenvalue weighted by molar-refractivity contribution is -0.141. The second-order valence-corrected chi connectivity index (χ2v) is 10.3.